The number of aryl methyl sites for hydroxylation is 1. The van der Waals surface area contributed by atoms with Crippen LogP contribution in [0.25, 0.3) is 0 Å². The van der Waals surface area contributed by atoms with E-state index in [1.165, 1.54) is 16.7 Å². The third-order valence-electron chi connectivity index (χ3n) is 5.30. The molecule has 4 rings (SSSR count). The van der Waals surface area contributed by atoms with Crippen molar-refractivity contribution in [2.75, 3.05) is 10.7 Å². The number of hydrogen-bond donors (Lipinski definition) is 4. The van der Waals surface area contributed by atoms with Gasteiger partial charge in [0.2, 0.25) is 0 Å². The highest BCUT2D eigenvalue weighted by molar-refractivity contribution is 5.91. The molecule has 26 heavy (non-hydrogen) atoms. The van der Waals surface area contributed by atoms with Gasteiger partial charge in [-0.05, 0) is 47.1 Å². The summed E-state index contributed by atoms with van der Waals surface area (Å²) in [5, 5.41) is 6.15. The quantitative estimate of drug-likeness (QED) is 0.655. The molecule has 1 atom stereocenters. The van der Waals surface area contributed by atoms with E-state index in [0.717, 1.165) is 29.8 Å². The van der Waals surface area contributed by atoms with E-state index in [-0.39, 0.29) is 17.5 Å². The Morgan fingerprint density at radius 2 is 2.04 bits per heavy atom. The highest BCUT2D eigenvalue weighted by atomic mass is 16.2. The van der Waals surface area contributed by atoms with Crippen LogP contribution in [0.5, 0.6) is 0 Å². The largest absolute Gasteiger partial charge is 0.331 e. The standard InChI is InChI=1S/C21H26N4O/c1-21(2,3)14-8-9-15-13(11-14)7-10-18(15)24-20(26)23-17-5-4-6-19-16(17)12-22-25-19/h4-6,8-9,11,18,22,25H,7,10,12H2,1-3H3,(H2,23,24,26)/t18-/m1/s1. The Bertz CT molecular complexity index is 854. The minimum absolute atomic E-state index is 0.0760. The normalized spacial score (nSPS) is 18.0. The van der Waals surface area contributed by atoms with Crippen molar-refractivity contribution in [1.82, 2.24) is 10.7 Å². The average Bonchev–Trinajstić information content (AvgIpc) is 3.21. The van der Waals surface area contributed by atoms with Gasteiger partial charge in [0.15, 0.2) is 0 Å². The summed E-state index contributed by atoms with van der Waals surface area (Å²) in [4.78, 5) is 12.5. The molecule has 0 bridgehead atoms. The van der Waals surface area contributed by atoms with Crippen molar-refractivity contribution in [2.24, 2.45) is 0 Å². The minimum atomic E-state index is -0.150. The molecule has 0 fully saturated rings. The molecule has 4 N–H and O–H groups in total. The molecule has 2 aromatic carbocycles. The van der Waals surface area contributed by atoms with E-state index in [1.54, 1.807) is 0 Å². The predicted molar refractivity (Wildman–Crippen MR) is 105 cm³/mol. The number of fused-ring (bicyclic) bond motifs is 2. The van der Waals surface area contributed by atoms with E-state index in [4.69, 9.17) is 0 Å². The van der Waals surface area contributed by atoms with Crippen LogP contribution in [0.3, 0.4) is 0 Å². The lowest BCUT2D eigenvalue weighted by Crippen LogP contribution is -2.31. The van der Waals surface area contributed by atoms with Crippen LogP contribution in [0, 0.1) is 0 Å². The first-order valence-electron chi connectivity index (χ1n) is 9.23. The Hall–Kier alpha value is -2.53. The van der Waals surface area contributed by atoms with Crippen molar-refractivity contribution in [3.63, 3.8) is 0 Å². The number of benzene rings is 2. The third kappa shape index (κ3) is 3.15. The number of nitrogens with one attached hydrogen (secondary N) is 4. The van der Waals surface area contributed by atoms with Crippen LogP contribution in [0.1, 0.15) is 55.5 Å². The number of urea groups is 1. The number of amides is 2. The smallest absolute Gasteiger partial charge is 0.319 e. The van der Waals surface area contributed by atoms with Gasteiger partial charge in [-0.15, -0.1) is 0 Å². The van der Waals surface area contributed by atoms with Crippen molar-refractivity contribution in [1.29, 1.82) is 0 Å². The molecule has 2 amide bonds. The number of rotatable bonds is 2. The van der Waals surface area contributed by atoms with Crippen LogP contribution in [-0.2, 0) is 18.4 Å². The van der Waals surface area contributed by atoms with Crippen LogP contribution in [0.2, 0.25) is 0 Å². The average molecular weight is 350 g/mol. The lowest BCUT2D eigenvalue weighted by atomic mass is 9.85. The molecule has 1 heterocycles. The molecule has 0 aromatic heterocycles. The van der Waals surface area contributed by atoms with Gasteiger partial charge < -0.3 is 16.1 Å². The van der Waals surface area contributed by atoms with Crippen LogP contribution >= 0.6 is 0 Å². The maximum atomic E-state index is 12.5. The summed E-state index contributed by atoms with van der Waals surface area (Å²) in [6, 6.07) is 12.5. The number of carbonyl (C=O) groups is 1. The fourth-order valence-corrected chi connectivity index (χ4v) is 3.79. The van der Waals surface area contributed by atoms with Crippen LogP contribution < -0.4 is 21.5 Å². The summed E-state index contributed by atoms with van der Waals surface area (Å²) in [5.74, 6) is 0. The topological polar surface area (TPSA) is 65.2 Å². The number of hydrazine groups is 1. The first-order valence-corrected chi connectivity index (χ1v) is 9.23. The first kappa shape index (κ1) is 16.9. The second kappa shape index (κ2) is 6.32. The summed E-state index contributed by atoms with van der Waals surface area (Å²) < 4.78 is 0. The van der Waals surface area contributed by atoms with Crippen LogP contribution in [0.15, 0.2) is 36.4 Å². The molecule has 2 aromatic rings. The van der Waals surface area contributed by atoms with E-state index in [1.807, 2.05) is 18.2 Å². The zero-order chi connectivity index (χ0) is 18.3. The van der Waals surface area contributed by atoms with Crippen molar-refractivity contribution >= 4 is 17.4 Å². The molecule has 0 unspecified atom stereocenters. The van der Waals surface area contributed by atoms with Crippen molar-refractivity contribution in [2.45, 2.75) is 51.6 Å². The van der Waals surface area contributed by atoms with Crippen LogP contribution in [0.4, 0.5) is 16.2 Å². The molecule has 0 saturated heterocycles. The van der Waals surface area contributed by atoms with Crippen molar-refractivity contribution in [3.8, 4) is 0 Å². The van der Waals surface area contributed by atoms with Gasteiger partial charge in [-0.3, -0.25) is 0 Å². The Morgan fingerprint density at radius 3 is 2.85 bits per heavy atom. The summed E-state index contributed by atoms with van der Waals surface area (Å²) >= 11 is 0. The molecule has 136 valence electrons. The van der Waals surface area contributed by atoms with Gasteiger partial charge >= 0.3 is 6.03 Å². The minimum Gasteiger partial charge on any atom is -0.331 e. The fourth-order valence-electron chi connectivity index (χ4n) is 3.79. The zero-order valence-corrected chi connectivity index (χ0v) is 15.6. The lowest BCUT2D eigenvalue weighted by Gasteiger charge is -2.21. The molecule has 2 aliphatic rings. The Labute approximate surface area is 154 Å². The Balaban J connectivity index is 1.47. The van der Waals surface area contributed by atoms with Gasteiger partial charge in [0, 0.05) is 17.8 Å². The second-order valence-corrected chi connectivity index (χ2v) is 8.16. The first-order chi connectivity index (χ1) is 12.4. The Morgan fingerprint density at radius 1 is 1.19 bits per heavy atom. The number of carbonyl (C=O) groups excluding carboxylic acids is 1. The molecule has 1 aliphatic carbocycles. The molecule has 1 aliphatic heterocycles. The van der Waals surface area contributed by atoms with E-state index in [2.05, 4.69) is 60.5 Å². The molecule has 0 spiro atoms. The van der Waals surface area contributed by atoms with E-state index < -0.39 is 0 Å². The maximum absolute atomic E-state index is 12.5. The van der Waals surface area contributed by atoms with E-state index in [0.29, 0.717) is 6.54 Å². The molecule has 5 heteroatoms. The third-order valence-corrected chi connectivity index (χ3v) is 5.30. The molecular weight excluding hydrogens is 324 g/mol. The van der Waals surface area contributed by atoms with Crippen molar-refractivity contribution < 1.29 is 4.79 Å². The van der Waals surface area contributed by atoms with Gasteiger partial charge in [-0.25, -0.2) is 10.2 Å². The van der Waals surface area contributed by atoms with Gasteiger partial charge in [-0.1, -0.05) is 45.0 Å². The second-order valence-electron chi connectivity index (χ2n) is 8.16. The highest BCUT2D eigenvalue weighted by Gasteiger charge is 2.26. The Kier molecular flexibility index (Phi) is 4.11. The van der Waals surface area contributed by atoms with Gasteiger partial charge in [0.1, 0.15) is 0 Å². The van der Waals surface area contributed by atoms with E-state index >= 15 is 0 Å². The fraction of sp³-hybridized carbons (Fsp3) is 0.381. The molecule has 0 radical (unpaired) electrons. The lowest BCUT2D eigenvalue weighted by molar-refractivity contribution is 0.248. The molecule has 5 nitrogen and oxygen atoms in total. The summed E-state index contributed by atoms with van der Waals surface area (Å²) in [6.07, 6.45) is 1.96. The maximum Gasteiger partial charge on any atom is 0.319 e. The molecule has 0 saturated carbocycles. The summed E-state index contributed by atoms with van der Waals surface area (Å²) in [5.41, 5.74) is 13.2. The number of hydrogen-bond acceptors (Lipinski definition) is 3. The molecular formula is C21H26N4O. The predicted octanol–water partition coefficient (Wildman–Crippen LogP) is 4.22. The summed E-state index contributed by atoms with van der Waals surface area (Å²) in [7, 11) is 0. The van der Waals surface area contributed by atoms with Crippen molar-refractivity contribution in [3.05, 3.63) is 58.7 Å². The monoisotopic (exact) mass is 350 g/mol. The van der Waals surface area contributed by atoms with Gasteiger partial charge in [0.05, 0.1) is 11.7 Å². The van der Waals surface area contributed by atoms with Gasteiger partial charge in [0.25, 0.3) is 0 Å². The summed E-state index contributed by atoms with van der Waals surface area (Å²) in [6.45, 7) is 7.40. The van der Waals surface area contributed by atoms with Gasteiger partial charge in [-0.2, -0.15) is 0 Å². The van der Waals surface area contributed by atoms with Crippen LogP contribution in [-0.4, -0.2) is 6.03 Å². The number of anilines is 2. The van der Waals surface area contributed by atoms with E-state index in [9.17, 15) is 4.79 Å². The zero-order valence-electron chi connectivity index (χ0n) is 15.6. The SMILES string of the molecule is CC(C)(C)c1ccc2c(c1)CC[C@H]2NC(=O)Nc1cccc2c1CNN2. The highest BCUT2D eigenvalue weighted by Crippen LogP contribution is 2.35.